The fourth-order valence-electron chi connectivity index (χ4n) is 2.46. The van der Waals surface area contributed by atoms with Crippen LogP contribution in [-0.2, 0) is 0 Å². The van der Waals surface area contributed by atoms with E-state index in [-0.39, 0.29) is 5.91 Å². The first kappa shape index (κ1) is 15.4. The molecule has 1 amide bonds. The van der Waals surface area contributed by atoms with Gasteiger partial charge in [-0.15, -0.1) is 0 Å². The zero-order valence-electron chi connectivity index (χ0n) is 12.2. The molecule has 6 heteroatoms. The van der Waals surface area contributed by atoms with Crippen LogP contribution < -0.4 is 5.32 Å². The molecule has 0 aromatic carbocycles. The summed E-state index contributed by atoms with van der Waals surface area (Å²) in [5.74, 6) is -0.117. The van der Waals surface area contributed by atoms with E-state index in [2.05, 4.69) is 20.4 Å². The molecule has 0 saturated carbocycles. The molecule has 1 fully saturated rings. The number of pyridine rings is 1. The first-order valence-electron chi connectivity index (χ1n) is 7.43. The molecule has 6 nitrogen and oxygen atoms in total. The summed E-state index contributed by atoms with van der Waals surface area (Å²) in [6.07, 6.45) is 7.60. The van der Waals surface area contributed by atoms with E-state index in [9.17, 15) is 4.79 Å². The molecule has 1 aliphatic rings. The predicted molar refractivity (Wildman–Crippen MR) is 80.9 cm³/mol. The van der Waals surface area contributed by atoms with Gasteiger partial charge in [0.15, 0.2) is 0 Å². The molecular formula is C15H22N4O2. The predicted octanol–water partition coefficient (Wildman–Crippen LogP) is 1.50. The van der Waals surface area contributed by atoms with E-state index in [1.54, 1.807) is 12.1 Å². The lowest BCUT2D eigenvalue weighted by Gasteiger charge is -2.26. The third-order valence-corrected chi connectivity index (χ3v) is 3.62. The fourth-order valence-corrected chi connectivity index (χ4v) is 2.46. The normalized spacial score (nSPS) is 16.2. The van der Waals surface area contributed by atoms with Gasteiger partial charge in [-0.3, -0.25) is 9.78 Å². The van der Waals surface area contributed by atoms with Crippen LogP contribution in [0.1, 0.15) is 41.7 Å². The SMILES string of the molecule is O=C(NCCCN1CCCCC1)c1ccc(/C=N/O)nc1. The van der Waals surface area contributed by atoms with Gasteiger partial charge in [0, 0.05) is 12.7 Å². The van der Waals surface area contributed by atoms with Crippen LogP contribution in [0.25, 0.3) is 0 Å². The van der Waals surface area contributed by atoms with Crippen molar-refractivity contribution < 1.29 is 10.0 Å². The van der Waals surface area contributed by atoms with Crippen LogP contribution in [-0.4, -0.2) is 53.4 Å². The number of rotatable bonds is 6. The molecule has 1 aliphatic heterocycles. The van der Waals surface area contributed by atoms with Crippen LogP contribution in [0.15, 0.2) is 23.5 Å². The molecule has 21 heavy (non-hydrogen) atoms. The number of nitrogens with zero attached hydrogens (tertiary/aromatic N) is 3. The second-order valence-corrected chi connectivity index (χ2v) is 5.23. The van der Waals surface area contributed by atoms with Crippen molar-refractivity contribution in [2.24, 2.45) is 5.16 Å². The molecule has 0 spiro atoms. The maximum absolute atomic E-state index is 11.9. The number of hydrogen-bond donors (Lipinski definition) is 2. The second kappa shape index (κ2) is 8.36. The van der Waals surface area contributed by atoms with Crippen LogP contribution in [0.4, 0.5) is 0 Å². The minimum absolute atomic E-state index is 0.117. The van der Waals surface area contributed by atoms with Crippen molar-refractivity contribution in [1.29, 1.82) is 0 Å². The summed E-state index contributed by atoms with van der Waals surface area (Å²) < 4.78 is 0. The van der Waals surface area contributed by atoms with E-state index in [1.807, 2.05) is 0 Å². The Morgan fingerprint density at radius 1 is 1.38 bits per heavy atom. The molecule has 114 valence electrons. The summed E-state index contributed by atoms with van der Waals surface area (Å²) in [6.45, 7) is 4.09. The maximum atomic E-state index is 11.9. The Balaban J connectivity index is 1.68. The molecule has 1 saturated heterocycles. The highest BCUT2D eigenvalue weighted by molar-refractivity contribution is 5.94. The third kappa shape index (κ3) is 5.15. The van der Waals surface area contributed by atoms with Gasteiger partial charge in [-0.05, 0) is 51.0 Å². The Kier molecular flexibility index (Phi) is 6.15. The number of likely N-dealkylation sites (tertiary alicyclic amines) is 1. The molecule has 1 aromatic heterocycles. The van der Waals surface area contributed by atoms with E-state index in [4.69, 9.17) is 5.21 Å². The van der Waals surface area contributed by atoms with Crippen molar-refractivity contribution >= 4 is 12.1 Å². The molecule has 0 bridgehead atoms. The van der Waals surface area contributed by atoms with E-state index in [0.29, 0.717) is 17.8 Å². The number of oxime groups is 1. The minimum atomic E-state index is -0.117. The second-order valence-electron chi connectivity index (χ2n) is 5.23. The van der Waals surface area contributed by atoms with Gasteiger partial charge in [0.25, 0.3) is 5.91 Å². The largest absolute Gasteiger partial charge is 0.411 e. The average molecular weight is 290 g/mol. The summed E-state index contributed by atoms with van der Waals surface area (Å²) in [5.41, 5.74) is 1.03. The monoisotopic (exact) mass is 290 g/mol. The Labute approximate surface area is 124 Å². The van der Waals surface area contributed by atoms with E-state index in [1.165, 1.54) is 44.8 Å². The summed E-state index contributed by atoms with van der Waals surface area (Å²) in [6, 6.07) is 3.31. The lowest BCUT2D eigenvalue weighted by atomic mass is 10.1. The Hall–Kier alpha value is -1.95. The fraction of sp³-hybridized carbons (Fsp3) is 0.533. The average Bonchev–Trinajstić information content (AvgIpc) is 2.53. The van der Waals surface area contributed by atoms with Gasteiger partial charge in [-0.25, -0.2) is 0 Å². The van der Waals surface area contributed by atoms with Crippen LogP contribution in [0.5, 0.6) is 0 Å². The number of piperidine rings is 1. The van der Waals surface area contributed by atoms with Gasteiger partial charge < -0.3 is 15.4 Å². The van der Waals surface area contributed by atoms with E-state index < -0.39 is 0 Å². The molecule has 1 aromatic rings. The standard InChI is InChI=1S/C15H22N4O2/c20-15(13-5-6-14(12-18-21)17-11-13)16-7-4-10-19-8-2-1-3-9-19/h5-6,11-12,21H,1-4,7-10H2,(H,16,20)/b18-12+. The molecule has 0 aliphatic carbocycles. The lowest BCUT2D eigenvalue weighted by molar-refractivity contribution is 0.0950. The first-order valence-corrected chi connectivity index (χ1v) is 7.43. The van der Waals surface area contributed by atoms with Gasteiger partial charge in [0.05, 0.1) is 17.5 Å². The van der Waals surface area contributed by atoms with E-state index >= 15 is 0 Å². The van der Waals surface area contributed by atoms with Gasteiger partial charge in [-0.2, -0.15) is 0 Å². The Morgan fingerprint density at radius 2 is 2.19 bits per heavy atom. The Morgan fingerprint density at radius 3 is 2.86 bits per heavy atom. The quantitative estimate of drug-likeness (QED) is 0.360. The molecule has 2 rings (SSSR count). The number of aromatic nitrogens is 1. The smallest absolute Gasteiger partial charge is 0.252 e. The highest BCUT2D eigenvalue weighted by atomic mass is 16.4. The van der Waals surface area contributed by atoms with Gasteiger partial charge in [0.1, 0.15) is 0 Å². The molecule has 2 N–H and O–H groups in total. The van der Waals surface area contributed by atoms with Gasteiger partial charge in [0.2, 0.25) is 0 Å². The maximum Gasteiger partial charge on any atom is 0.252 e. The number of amides is 1. The number of carbonyl (C=O) groups excluding carboxylic acids is 1. The van der Waals surface area contributed by atoms with Crippen LogP contribution in [0.2, 0.25) is 0 Å². The lowest BCUT2D eigenvalue weighted by Crippen LogP contribution is -2.33. The van der Waals surface area contributed by atoms with Crippen LogP contribution >= 0.6 is 0 Å². The van der Waals surface area contributed by atoms with Crippen molar-refractivity contribution in [2.45, 2.75) is 25.7 Å². The highest BCUT2D eigenvalue weighted by Gasteiger charge is 2.10. The van der Waals surface area contributed by atoms with Crippen LogP contribution in [0.3, 0.4) is 0 Å². The topological polar surface area (TPSA) is 77.8 Å². The molecular weight excluding hydrogens is 268 g/mol. The van der Waals surface area contributed by atoms with Crippen molar-refractivity contribution in [2.75, 3.05) is 26.2 Å². The van der Waals surface area contributed by atoms with Crippen molar-refractivity contribution in [3.8, 4) is 0 Å². The van der Waals surface area contributed by atoms with Crippen LogP contribution in [0, 0.1) is 0 Å². The Bertz CT molecular complexity index is 467. The summed E-state index contributed by atoms with van der Waals surface area (Å²) in [5, 5.41) is 14.2. The van der Waals surface area contributed by atoms with Gasteiger partial charge in [-0.1, -0.05) is 11.6 Å². The third-order valence-electron chi connectivity index (χ3n) is 3.62. The molecule has 0 unspecified atom stereocenters. The zero-order chi connectivity index (χ0) is 14.9. The zero-order valence-corrected chi connectivity index (χ0v) is 12.2. The first-order chi connectivity index (χ1) is 10.3. The number of carbonyl (C=O) groups is 1. The number of nitrogens with one attached hydrogen (secondary N) is 1. The molecule has 2 heterocycles. The summed E-state index contributed by atoms with van der Waals surface area (Å²) in [7, 11) is 0. The summed E-state index contributed by atoms with van der Waals surface area (Å²) in [4.78, 5) is 18.4. The van der Waals surface area contributed by atoms with E-state index in [0.717, 1.165) is 13.0 Å². The highest BCUT2D eigenvalue weighted by Crippen LogP contribution is 2.08. The molecule has 0 atom stereocenters. The van der Waals surface area contributed by atoms with Crippen molar-refractivity contribution in [3.05, 3.63) is 29.6 Å². The molecule has 0 radical (unpaired) electrons. The number of hydrogen-bond acceptors (Lipinski definition) is 5. The van der Waals surface area contributed by atoms with Gasteiger partial charge >= 0.3 is 0 Å². The summed E-state index contributed by atoms with van der Waals surface area (Å²) >= 11 is 0. The van der Waals surface area contributed by atoms with Crippen molar-refractivity contribution in [3.63, 3.8) is 0 Å². The minimum Gasteiger partial charge on any atom is -0.411 e. The van der Waals surface area contributed by atoms with Crippen molar-refractivity contribution in [1.82, 2.24) is 15.2 Å².